The number of halogens is 2. The van der Waals surface area contributed by atoms with Crippen molar-refractivity contribution in [1.29, 1.82) is 0 Å². The topological polar surface area (TPSA) is 30.9 Å². The SMILES string of the molecule is NC(c1ccn(Cc2ccc(Cl)cc2F)c1)C1CC1. The summed E-state index contributed by atoms with van der Waals surface area (Å²) < 4.78 is 15.7. The second kappa shape index (κ2) is 4.99. The van der Waals surface area contributed by atoms with Crippen LogP contribution in [0.25, 0.3) is 0 Å². The van der Waals surface area contributed by atoms with Crippen molar-refractivity contribution in [3.05, 3.63) is 58.6 Å². The van der Waals surface area contributed by atoms with Gasteiger partial charge in [0.2, 0.25) is 0 Å². The molecule has 19 heavy (non-hydrogen) atoms. The largest absolute Gasteiger partial charge is 0.349 e. The average Bonchev–Trinajstić information content (AvgIpc) is 3.12. The van der Waals surface area contributed by atoms with Gasteiger partial charge in [0.05, 0.1) is 0 Å². The van der Waals surface area contributed by atoms with E-state index >= 15 is 0 Å². The first-order valence-electron chi connectivity index (χ1n) is 6.48. The molecule has 0 saturated heterocycles. The molecule has 1 fully saturated rings. The minimum atomic E-state index is -0.269. The average molecular weight is 279 g/mol. The number of hydrogen-bond donors (Lipinski definition) is 1. The fourth-order valence-electron chi connectivity index (χ4n) is 2.33. The molecule has 1 heterocycles. The summed E-state index contributed by atoms with van der Waals surface area (Å²) in [5.41, 5.74) is 7.92. The molecule has 1 atom stereocenters. The fourth-order valence-corrected chi connectivity index (χ4v) is 2.49. The smallest absolute Gasteiger partial charge is 0.129 e. The summed E-state index contributed by atoms with van der Waals surface area (Å²) in [6.07, 6.45) is 6.40. The van der Waals surface area contributed by atoms with Crippen molar-refractivity contribution in [2.75, 3.05) is 0 Å². The van der Waals surface area contributed by atoms with Crippen molar-refractivity contribution in [3.63, 3.8) is 0 Å². The van der Waals surface area contributed by atoms with E-state index in [-0.39, 0.29) is 11.9 Å². The lowest BCUT2D eigenvalue weighted by Crippen LogP contribution is -2.11. The van der Waals surface area contributed by atoms with Crippen LogP contribution in [-0.4, -0.2) is 4.57 Å². The third kappa shape index (κ3) is 2.82. The summed E-state index contributed by atoms with van der Waals surface area (Å²) in [4.78, 5) is 0. The second-order valence-electron chi connectivity index (χ2n) is 5.22. The van der Waals surface area contributed by atoms with E-state index in [0.717, 1.165) is 5.56 Å². The Kier molecular flexibility index (Phi) is 3.33. The maximum absolute atomic E-state index is 13.7. The summed E-state index contributed by atoms with van der Waals surface area (Å²) in [5, 5.41) is 0.421. The van der Waals surface area contributed by atoms with Gasteiger partial charge in [-0.05, 0) is 42.5 Å². The molecule has 1 aliphatic rings. The van der Waals surface area contributed by atoms with Crippen LogP contribution >= 0.6 is 11.6 Å². The Balaban J connectivity index is 1.76. The lowest BCUT2D eigenvalue weighted by molar-refractivity contribution is 0.598. The van der Waals surface area contributed by atoms with Crippen LogP contribution in [0.15, 0.2) is 36.7 Å². The van der Waals surface area contributed by atoms with Crippen molar-refractivity contribution in [2.45, 2.75) is 25.4 Å². The van der Waals surface area contributed by atoms with Gasteiger partial charge in [0.15, 0.2) is 0 Å². The van der Waals surface area contributed by atoms with Crippen molar-refractivity contribution in [2.24, 2.45) is 11.7 Å². The quantitative estimate of drug-likeness (QED) is 0.907. The predicted octanol–water partition coefficient (Wildman–Crippen LogP) is 3.74. The third-order valence-electron chi connectivity index (χ3n) is 3.66. The van der Waals surface area contributed by atoms with Gasteiger partial charge in [-0.15, -0.1) is 0 Å². The third-order valence-corrected chi connectivity index (χ3v) is 3.89. The van der Waals surface area contributed by atoms with Gasteiger partial charge in [-0.2, -0.15) is 0 Å². The van der Waals surface area contributed by atoms with Gasteiger partial charge in [0.1, 0.15) is 5.82 Å². The zero-order valence-electron chi connectivity index (χ0n) is 10.5. The van der Waals surface area contributed by atoms with E-state index in [1.54, 1.807) is 12.1 Å². The molecule has 1 aromatic heterocycles. The van der Waals surface area contributed by atoms with E-state index in [1.807, 2.05) is 23.0 Å². The zero-order valence-corrected chi connectivity index (χ0v) is 11.3. The summed E-state index contributed by atoms with van der Waals surface area (Å²) in [6, 6.07) is 6.92. The monoisotopic (exact) mass is 278 g/mol. The van der Waals surface area contributed by atoms with Crippen LogP contribution in [0.4, 0.5) is 4.39 Å². The molecule has 1 saturated carbocycles. The molecule has 1 aromatic carbocycles. The summed E-state index contributed by atoms with van der Waals surface area (Å²) in [6.45, 7) is 0.500. The van der Waals surface area contributed by atoms with E-state index in [2.05, 4.69) is 0 Å². The maximum atomic E-state index is 13.7. The van der Waals surface area contributed by atoms with Crippen LogP contribution < -0.4 is 5.73 Å². The van der Waals surface area contributed by atoms with Gasteiger partial charge in [0.25, 0.3) is 0 Å². The first-order valence-corrected chi connectivity index (χ1v) is 6.86. The van der Waals surface area contributed by atoms with Crippen molar-refractivity contribution >= 4 is 11.6 Å². The Morgan fingerprint density at radius 2 is 2.16 bits per heavy atom. The normalized spacial score (nSPS) is 16.6. The molecule has 3 rings (SSSR count). The Hall–Kier alpha value is -1.32. The molecule has 0 radical (unpaired) electrons. The van der Waals surface area contributed by atoms with E-state index in [9.17, 15) is 4.39 Å². The van der Waals surface area contributed by atoms with Crippen LogP contribution in [0.3, 0.4) is 0 Å². The fraction of sp³-hybridized carbons (Fsp3) is 0.333. The van der Waals surface area contributed by atoms with Crippen LogP contribution in [0.1, 0.15) is 30.0 Å². The van der Waals surface area contributed by atoms with Crippen molar-refractivity contribution in [1.82, 2.24) is 4.57 Å². The van der Waals surface area contributed by atoms with Crippen LogP contribution in [0.5, 0.6) is 0 Å². The summed E-state index contributed by atoms with van der Waals surface area (Å²) >= 11 is 5.74. The first-order chi connectivity index (χ1) is 9.13. The van der Waals surface area contributed by atoms with E-state index < -0.39 is 0 Å². The van der Waals surface area contributed by atoms with E-state index in [1.165, 1.54) is 18.9 Å². The Labute approximate surface area is 117 Å². The molecule has 0 spiro atoms. The van der Waals surface area contributed by atoms with Gasteiger partial charge in [-0.25, -0.2) is 4.39 Å². The van der Waals surface area contributed by atoms with Gasteiger partial charge < -0.3 is 10.3 Å². The molecule has 2 nitrogen and oxygen atoms in total. The molecular weight excluding hydrogens is 263 g/mol. The Morgan fingerprint density at radius 3 is 2.84 bits per heavy atom. The molecule has 2 aromatic rings. The molecule has 0 amide bonds. The van der Waals surface area contributed by atoms with Gasteiger partial charge in [-0.3, -0.25) is 0 Å². The van der Waals surface area contributed by atoms with E-state index in [0.29, 0.717) is 23.0 Å². The Bertz CT molecular complexity index is 590. The first kappa shape index (κ1) is 12.7. The maximum Gasteiger partial charge on any atom is 0.129 e. The predicted molar refractivity (Wildman–Crippen MR) is 74.6 cm³/mol. The van der Waals surface area contributed by atoms with Crippen LogP contribution in [0, 0.1) is 11.7 Å². The molecular formula is C15H16ClFN2. The van der Waals surface area contributed by atoms with Crippen LogP contribution in [0.2, 0.25) is 5.02 Å². The second-order valence-corrected chi connectivity index (χ2v) is 5.65. The minimum Gasteiger partial charge on any atom is -0.349 e. The standard InChI is InChI=1S/C15H16ClFN2/c16-13-4-3-11(14(17)7-13)8-19-6-5-12(9-19)15(18)10-1-2-10/h3-7,9-10,15H,1-2,8,18H2. The molecule has 1 aliphatic carbocycles. The molecule has 100 valence electrons. The minimum absolute atomic E-state index is 0.122. The van der Waals surface area contributed by atoms with Gasteiger partial charge in [-0.1, -0.05) is 17.7 Å². The Morgan fingerprint density at radius 1 is 1.37 bits per heavy atom. The highest BCUT2D eigenvalue weighted by Crippen LogP contribution is 2.39. The molecule has 0 bridgehead atoms. The number of aromatic nitrogens is 1. The van der Waals surface area contributed by atoms with Crippen molar-refractivity contribution in [3.8, 4) is 0 Å². The molecule has 4 heteroatoms. The zero-order chi connectivity index (χ0) is 13.4. The highest BCUT2D eigenvalue weighted by Gasteiger charge is 2.29. The number of benzene rings is 1. The molecule has 2 N–H and O–H groups in total. The van der Waals surface area contributed by atoms with Crippen LogP contribution in [-0.2, 0) is 6.54 Å². The highest BCUT2D eigenvalue weighted by molar-refractivity contribution is 6.30. The summed E-state index contributed by atoms with van der Waals surface area (Å²) in [5.74, 6) is 0.359. The number of hydrogen-bond acceptors (Lipinski definition) is 1. The highest BCUT2D eigenvalue weighted by atomic mass is 35.5. The van der Waals surface area contributed by atoms with Gasteiger partial charge in [0, 0.05) is 35.6 Å². The summed E-state index contributed by atoms with van der Waals surface area (Å²) in [7, 11) is 0. The van der Waals surface area contributed by atoms with Crippen molar-refractivity contribution < 1.29 is 4.39 Å². The van der Waals surface area contributed by atoms with E-state index in [4.69, 9.17) is 17.3 Å². The lowest BCUT2D eigenvalue weighted by Gasteiger charge is -2.08. The lowest BCUT2D eigenvalue weighted by atomic mass is 10.1. The van der Waals surface area contributed by atoms with Gasteiger partial charge >= 0.3 is 0 Å². The number of rotatable bonds is 4. The number of nitrogens with zero attached hydrogens (tertiary/aromatic N) is 1. The molecule has 0 aliphatic heterocycles. The number of nitrogens with two attached hydrogens (primary N) is 1. The molecule has 1 unspecified atom stereocenters.